The molecule has 0 saturated heterocycles. The van der Waals surface area contributed by atoms with Crippen LogP contribution in [0.3, 0.4) is 0 Å². The maximum absolute atomic E-state index is 9.67. The van der Waals surface area contributed by atoms with Crippen molar-refractivity contribution in [3.63, 3.8) is 0 Å². The number of rotatable bonds is 1. The van der Waals surface area contributed by atoms with Crippen LogP contribution in [-0.2, 0) is 0 Å². The van der Waals surface area contributed by atoms with Gasteiger partial charge >= 0.3 is 0 Å². The van der Waals surface area contributed by atoms with Crippen molar-refractivity contribution in [3.8, 4) is 0 Å². The van der Waals surface area contributed by atoms with Crippen LogP contribution in [0.15, 0.2) is 48.5 Å². The third kappa shape index (κ3) is 1.50. The van der Waals surface area contributed by atoms with E-state index in [0.717, 1.165) is 0 Å². The fraction of sp³-hybridized carbons (Fsp3) is 0.250. The van der Waals surface area contributed by atoms with Crippen molar-refractivity contribution < 1.29 is 5.11 Å². The fourth-order valence-corrected chi connectivity index (χ4v) is 2.98. The SMILES string of the molecule is CC1c2ccccc2C(CO)c2ccccc21. The molecular formula is C16H16O. The van der Waals surface area contributed by atoms with Crippen molar-refractivity contribution in [1.29, 1.82) is 0 Å². The predicted octanol–water partition coefficient (Wildman–Crippen LogP) is 3.28. The molecule has 1 N–H and O–H groups in total. The van der Waals surface area contributed by atoms with E-state index >= 15 is 0 Å². The first kappa shape index (κ1) is 10.5. The van der Waals surface area contributed by atoms with Crippen LogP contribution in [0.1, 0.15) is 41.0 Å². The number of hydrogen-bond donors (Lipinski definition) is 1. The van der Waals surface area contributed by atoms with Gasteiger partial charge in [0.05, 0.1) is 6.61 Å². The molecule has 0 atom stereocenters. The summed E-state index contributed by atoms with van der Waals surface area (Å²) in [5.41, 5.74) is 5.26. The Balaban J connectivity index is 2.25. The van der Waals surface area contributed by atoms with Crippen molar-refractivity contribution in [3.05, 3.63) is 70.8 Å². The minimum absolute atomic E-state index is 0.138. The van der Waals surface area contributed by atoms with Crippen molar-refractivity contribution in [2.24, 2.45) is 0 Å². The van der Waals surface area contributed by atoms with Gasteiger partial charge in [-0.25, -0.2) is 0 Å². The van der Waals surface area contributed by atoms with Crippen LogP contribution in [0.4, 0.5) is 0 Å². The average molecular weight is 224 g/mol. The highest BCUT2D eigenvalue weighted by molar-refractivity contribution is 5.52. The molecule has 2 aromatic carbocycles. The van der Waals surface area contributed by atoms with Gasteiger partial charge in [0.2, 0.25) is 0 Å². The number of aliphatic hydroxyl groups excluding tert-OH is 1. The molecule has 0 aliphatic heterocycles. The van der Waals surface area contributed by atoms with Crippen LogP contribution in [0.5, 0.6) is 0 Å². The molecule has 0 aromatic heterocycles. The van der Waals surface area contributed by atoms with Crippen molar-refractivity contribution in [1.82, 2.24) is 0 Å². The van der Waals surface area contributed by atoms with E-state index in [0.29, 0.717) is 5.92 Å². The van der Waals surface area contributed by atoms with E-state index in [1.807, 2.05) is 0 Å². The third-order valence-electron chi connectivity index (χ3n) is 3.86. The predicted molar refractivity (Wildman–Crippen MR) is 69.3 cm³/mol. The van der Waals surface area contributed by atoms with Gasteiger partial charge in [0.15, 0.2) is 0 Å². The topological polar surface area (TPSA) is 20.2 Å². The zero-order chi connectivity index (χ0) is 11.8. The summed E-state index contributed by atoms with van der Waals surface area (Å²) in [7, 11) is 0. The molecule has 0 amide bonds. The van der Waals surface area contributed by atoms with E-state index in [9.17, 15) is 5.11 Å². The normalized spacial score (nSPS) is 21.8. The lowest BCUT2D eigenvalue weighted by Crippen LogP contribution is -2.18. The lowest BCUT2D eigenvalue weighted by atomic mass is 9.73. The van der Waals surface area contributed by atoms with Gasteiger partial charge in [-0.2, -0.15) is 0 Å². The highest BCUT2D eigenvalue weighted by Gasteiger charge is 2.28. The van der Waals surface area contributed by atoms with E-state index < -0.39 is 0 Å². The maximum Gasteiger partial charge on any atom is 0.0540 e. The average Bonchev–Trinajstić information content (AvgIpc) is 2.40. The summed E-state index contributed by atoms with van der Waals surface area (Å²) in [5, 5.41) is 9.67. The Hall–Kier alpha value is -1.60. The highest BCUT2D eigenvalue weighted by Crippen LogP contribution is 2.42. The number of hydrogen-bond acceptors (Lipinski definition) is 1. The summed E-state index contributed by atoms with van der Waals surface area (Å²) in [6.45, 7) is 2.42. The fourth-order valence-electron chi connectivity index (χ4n) is 2.98. The second kappa shape index (κ2) is 4.01. The summed E-state index contributed by atoms with van der Waals surface area (Å²) in [6, 6.07) is 16.9. The van der Waals surface area contributed by atoms with E-state index in [2.05, 4.69) is 55.5 Å². The maximum atomic E-state index is 9.67. The van der Waals surface area contributed by atoms with Crippen LogP contribution < -0.4 is 0 Å². The number of fused-ring (bicyclic) bond motifs is 2. The van der Waals surface area contributed by atoms with Gasteiger partial charge in [-0.15, -0.1) is 0 Å². The summed E-state index contributed by atoms with van der Waals surface area (Å²) in [5.74, 6) is 0.559. The Kier molecular flexibility index (Phi) is 2.49. The Bertz CT molecular complexity index is 497. The third-order valence-corrected chi connectivity index (χ3v) is 3.86. The molecule has 1 aliphatic carbocycles. The van der Waals surface area contributed by atoms with Crippen LogP contribution >= 0.6 is 0 Å². The number of benzene rings is 2. The largest absolute Gasteiger partial charge is 0.395 e. The minimum atomic E-state index is 0.138. The molecule has 1 heteroatoms. The lowest BCUT2D eigenvalue weighted by Gasteiger charge is -2.31. The molecule has 0 radical (unpaired) electrons. The number of aliphatic hydroxyl groups is 1. The van der Waals surface area contributed by atoms with Crippen LogP contribution in [0, 0.1) is 0 Å². The smallest absolute Gasteiger partial charge is 0.0540 e. The highest BCUT2D eigenvalue weighted by atomic mass is 16.3. The van der Waals surface area contributed by atoms with Gasteiger partial charge in [-0.05, 0) is 22.3 Å². The molecule has 3 rings (SSSR count). The molecule has 0 unspecified atom stereocenters. The first-order valence-electron chi connectivity index (χ1n) is 6.11. The van der Waals surface area contributed by atoms with Gasteiger partial charge < -0.3 is 5.11 Å². The van der Waals surface area contributed by atoms with E-state index in [-0.39, 0.29) is 12.5 Å². The van der Waals surface area contributed by atoms with Gasteiger partial charge in [-0.3, -0.25) is 0 Å². The quantitative estimate of drug-likeness (QED) is 0.788. The molecule has 0 fully saturated rings. The molecule has 2 aromatic rings. The van der Waals surface area contributed by atoms with Crippen LogP contribution in [-0.4, -0.2) is 11.7 Å². The van der Waals surface area contributed by atoms with Gasteiger partial charge in [0.1, 0.15) is 0 Å². The van der Waals surface area contributed by atoms with Gasteiger partial charge in [-0.1, -0.05) is 55.5 Å². The minimum Gasteiger partial charge on any atom is -0.395 e. The van der Waals surface area contributed by atoms with Crippen molar-refractivity contribution in [2.45, 2.75) is 18.8 Å². The Labute approximate surface area is 102 Å². The Morgan fingerprint density at radius 2 is 1.24 bits per heavy atom. The van der Waals surface area contributed by atoms with Crippen LogP contribution in [0.2, 0.25) is 0 Å². The molecule has 86 valence electrons. The monoisotopic (exact) mass is 224 g/mol. The van der Waals surface area contributed by atoms with Gasteiger partial charge in [0.25, 0.3) is 0 Å². The summed E-state index contributed by atoms with van der Waals surface area (Å²) in [6.07, 6.45) is 0. The van der Waals surface area contributed by atoms with E-state index in [1.165, 1.54) is 22.3 Å². The van der Waals surface area contributed by atoms with Crippen LogP contribution in [0.25, 0.3) is 0 Å². The lowest BCUT2D eigenvalue weighted by molar-refractivity contribution is 0.278. The first-order valence-corrected chi connectivity index (χ1v) is 6.11. The molecule has 0 saturated carbocycles. The second-order valence-electron chi connectivity index (χ2n) is 4.71. The molecule has 1 aliphatic rings. The second-order valence-corrected chi connectivity index (χ2v) is 4.71. The van der Waals surface area contributed by atoms with Gasteiger partial charge in [0, 0.05) is 11.8 Å². The summed E-state index contributed by atoms with van der Waals surface area (Å²) < 4.78 is 0. The molecule has 17 heavy (non-hydrogen) atoms. The van der Waals surface area contributed by atoms with Crippen molar-refractivity contribution in [2.75, 3.05) is 6.61 Å². The zero-order valence-electron chi connectivity index (χ0n) is 9.93. The van der Waals surface area contributed by atoms with E-state index in [4.69, 9.17) is 0 Å². The molecule has 0 heterocycles. The molecule has 1 nitrogen and oxygen atoms in total. The zero-order valence-corrected chi connectivity index (χ0v) is 9.93. The summed E-state index contributed by atoms with van der Waals surface area (Å²) >= 11 is 0. The van der Waals surface area contributed by atoms with E-state index in [1.54, 1.807) is 0 Å². The van der Waals surface area contributed by atoms with Crippen molar-refractivity contribution >= 4 is 0 Å². The molecule has 0 spiro atoms. The molecular weight excluding hydrogens is 208 g/mol. The Morgan fingerprint density at radius 1 is 0.824 bits per heavy atom. The summed E-state index contributed by atoms with van der Waals surface area (Å²) in [4.78, 5) is 0. The molecule has 0 bridgehead atoms. The standard InChI is InChI=1S/C16H16O/c1-11-12-6-2-4-8-14(12)16(10-17)15-9-5-3-7-13(11)15/h2-9,11,16-17H,10H2,1H3. The Morgan fingerprint density at radius 3 is 1.65 bits per heavy atom. The first-order chi connectivity index (χ1) is 8.33.